The van der Waals surface area contributed by atoms with E-state index in [4.69, 9.17) is 9.47 Å². The molecule has 1 unspecified atom stereocenters. The number of rotatable bonds is 13. The van der Waals surface area contributed by atoms with E-state index in [2.05, 4.69) is 27.0 Å². The molecule has 0 spiro atoms. The van der Waals surface area contributed by atoms with Crippen LogP contribution in [-0.2, 0) is 19.4 Å². The summed E-state index contributed by atoms with van der Waals surface area (Å²) in [5, 5.41) is 13.9. The number of ether oxygens (including phenoxy) is 2. The van der Waals surface area contributed by atoms with E-state index in [1.54, 1.807) is 83.8 Å². The van der Waals surface area contributed by atoms with Crippen LogP contribution >= 0.6 is 0 Å². The third kappa shape index (κ3) is 11.0. The van der Waals surface area contributed by atoms with Gasteiger partial charge in [0.15, 0.2) is 9.84 Å². The molecule has 6 aromatic carbocycles. The number of hydrogen-bond donors (Lipinski definition) is 2. The number of anilines is 1. The molecule has 3 saturated heterocycles. The van der Waals surface area contributed by atoms with Crippen LogP contribution in [0, 0.1) is 17.8 Å². The van der Waals surface area contributed by atoms with Crippen molar-refractivity contribution >= 4 is 55.8 Å². The molecule has 2 N–H and O–H groups in total. The predicted octanol–water partition coefficient (Wildman–Crippen LogP) is 8.08. The van der Waals surface area contributed by atoms with E-state index in [0.717, 1.165) is 89.9 Å². The second-order valence-corrected chi connectivity index (χ2v) is 21.5. The van der Waals surface area contributed by atoms with Gasteiger partial charge in [0.2, 0.25) is 11.8 Å². The lowest BCUT2D eigenvalue weighted by atomic mass is 9.93. The molecule has 0 aromatic heterocycles. The zero-order valence-corrected chi connectivity index (χ0v) is 42.6. The first-order valence-corrected chi connectivity index (χ1v) is 27.3. The summed E-state index contributed by atoms with van der Waals surface area (Å²) in [5.41, 5.74) is 4.42. The average Bonchev–Trinajstić information content (AvgIpc) is 3.67. The van der Waals surface area contributed by atoms with Gasteiger partial charge < -0.3 is 29.3 Å². The number of carbonyl (C=O) groups excluding carboxylic acids is 5. The highest BCUT2D eigenvalue weighted by Crippen LogP contribution is 2.41. The summed E-state index contributed by atoms with van der Waals surface area (Å²) >= 11 is 0. The summed E-state index contributed by atoms with van der Waals surface area (Å²) in [6, 6.07) is 34.9. The van der Waals surface area contributed by atoms with Gasteiger partial charge in [-0.25, -0.2) is 8.42 Å². The van der Waals surface area contributed by atoms with E-state index in [1.165, 1.54) is 6.26 Å². The molecular formula is C59H57N5O10S. The van der Waals surface area contributed by atoms with E-state index in [9.17, 15) is 37.5 Å². The number of fused-ring (bicyclic) bond motifs is 2. The molecule has 10 rings (SSSR count). The van der Waals surface area contributed by atoms with Crippen LogP contribution in [0.25, 0.3) is 21.9 Å². The summed E-state index contributed by atoms with van der Waals surface area (Å²) in [6.45, 7) is 6.67. The van der Waals surface area contributed by atoms with Crippen molar-refractivity contribution in [2.24, 2.45) is 5.92 Å². The van der Waals surface area contributed by atoms with Gasteiger partial charge in [0, 0.05) is 72.0 Å². The quantitative estimate of drug-likeness (QED) is 0.0839. The van der Waals surface area contributed by atoms with Crippen LogP contribution in [0.4, 0.5) is 5.69 Å². The van der Waals surface area contributed by atoms with Crippen molar-refractivity contribution in [2.45, 2.75) is 62.4 Å². The lowest BCUT2D eigenvalue weighted by molar-refractivity contribution is -0.136. The molecule has 0 aliphatic carbocycles. The monoisotopic (exact) mass is 1030 g/mol. The molecule has 5 amide bonds. The van der Waals surface area contributed by atoms with Crippen molar-refractivity contribution in [1.82, 2.24) is 20.0 Å². The van der Waals surface area contributed by atoms with Crippen LogP contribution in [0.3, 0.4) is 0 Å². The van der Waals surface area contributed by atoms with Crippen molar-refractivity contribution in [3.63, 3.8) is 0 Å². The van der Waals surface area contributed by atoms with Gasteiger partial charge in [0.05, 0.1) is 22.6 Å². The maximum Gasteiger partial charge on any atom is 0.262 e. The number of likely N-dealkylation sites (N-methyl/N-ethyl adjacent to an activating group) is 1. The van der Waals surface area contributed by atoms with Crippen LogP contribution in [0.15, 0.2) is 126 Å². The Bertz CT molecular complexity index is 3370. The van der Waals surface area contributed by atoms with Crippen molar-refractivity contribution < 1.29 is 47.0 Å². The number of carbonyl (C=O) groups is 5. The minimum absolute atomic E-state index is 0.0813. The lowest BCUT2D eigenvalue weighted by Gasteiger charge is -2.42. The van der Waals surface area contributed by atoms with Crippen molar-refractivity contribution in [1.29, 1.82) is 0 Å². The van der Waals surface area contributed by atoms with Gasteiger partial charge >= 0.3 is 0 Å². The van der Waals surface area contributed by atoms with Gasteiger partial charge in [-0.05, 0) is 166 Å². The van der Waals surface area contributed by atoms with E-state index < -0.39 is 39.5 Å². The predicted molar refractivity (Wildman–Crippen MR) is 284 cm³/mol. The number of piperidine rings is 3. The highest BCUT2D eigenvalue weighted by molar-refractivity contribution is 7.90. The highest BCUT2D eigenvalue weighted by Gasteiger charge is 2.45. The van der Waals surface area contributed by atoms with Gasteiger partial charge in [0.25, 0.3) is 17.7 Å². The molecule has 4 aliphatic heterocycles. The van der Waals surface area contributed by atoms with Crippen LogP contribution in [0.1, 0.15) is 82.1 Å². The summed E-state index contributed by atoms with van der Waals surface area (Å²) in [5.74, 6) is 6.85. The number of amides is 5. The third-order valence-electron chi connectivity index (χ3n) is 14.7. The first-order valence-electron chi connectivity index (χ1n) is 25.4. The molecule has 4 aliphatic rings. The van der Waals surface area contributed by atoms with Gasteiger partial charge in [0.1, 0.15) is 35.6 Å². The van der Waals surface area contributed by atoms with Crippen LogP contribution < -0.4 is 19.7 Å². The van der Waals surface area contributed by atoms with Crippen LogP contribution in [0.5, 0.6) is 23.0 Å². The summed E-state index contributed by atoms with van der Waals surface area (Å²) < 4.78 is 36.8. The molecule has 3 fully saturated rings. The third-order valence-corrected chi connectivity index (χ3v) is 15.9. The van der Waals surface area contributed by atoms with E-state index in [-0.39, 0.29) is 47.5 Å². The van der Waals surface area contributed by atoms with Crippen LogP contribution in [0.2, 0.25) is 0 Å². The minimum atomic E-state index is -3.37. The fraction of sp³-hybridized carbons (Fsp3) is 0.305. The Morgan fingerprint density at radius 3 is 2.15 bits per heavy atom. The molecule has 16 heteroatoms. The normalized spacial score (nSPS) is 17.6. The van der Waals surface area contributed by atoms with Crippen molar-refractivity contribution in [3.05, 3.63) is 144 Å². The topological polar surface area (TPSA) is 183 Å². The number of benzene rings is 6. The van der Waals surface area contributed by atoms with Crippen molar-refractivity contribution in [2.75, 3.05) is 57.0 Å². The number of phenols is 1. The maximum absolute atomic E-state index is 13.6. The number of nitrogens with zero attached hydrogens (tertiary/aromatic N) is 4. The number of likely N-dealkylation sites (tertiary alicyclic amines) is 1. The van der Waals surface area contributed by atoms with Gasteiger partial charge in [-0.1, -0.05) is 30.0 Å². The zero-order chi connectivity index (χ0) is 52.4. The van der Waals surface area contributed by atoms with Gasteiger partial charge in [-0.3, -0.25) is 34.2 Å². The molecule has 15 nitrogen and oxygen atoms in total. The second-order valence-electron chi connectivity index (χ2n) is 19.5. The fourth-order valence-electron chi connectivity index (χ4n) is 10.5. The van der Waals surface area contributed by atoms with E-state index in [0.29, 0.717) is 47.5 Å². The number of aromatic hydroxyl groups is 1. The molecule has 0 radical (unpaired) electrons. The summed E-state index contributed by atoms with van der Waals surface area (Å²) in [7, 11) is -3.37. The summed E-state index contributed by atoms with van der Waals surface area (Å²) in [4.78, 5) is 72.1. The van der Waals surface area contributed by atoms with Gasteiger partial charge in [-0.15, -0.1) is 0 Å². The molecule has 0 saturated carbocycles. The highest BCUT2D eigenvalue weighted by atomic mass is 32.2. The molecule has 0 bridgehead atoms. The zero-order valence-electron chi connectivity index (χ0n) is 41.8. The molecule has 384 valence electrons. The van der Waals surface area contributed by atoms with Crippen LogP contribution in [-0.4, -0.2) is 122 Å². The number of nitrogens with one attached hydrogen (secondary N) is 1. The summed E-state index contributed by atoms with van der Waals surface area (Å²) in [6.07, 6.45) is 5.28. The second kappa shape index (κ2) is 21.5. The maximum atomic E-state index is 13.6. The van der Waals surface area contributed by atoms with E-state index in [1.807, 2.05) is 49.4 Å². The molecule has 6 aromatic rings. The molecule has 75 heavy (non-hydrogen) atoms. The minimum Gasteiger partial charge on any atom is -0.508 e. The Hall–Kier alpha value is -8.00. The number of phenolic OH excluding ortho intramolecular Hbond substituents is 1. The fourth-order valence-corrected chi connectivity index (χ4v) is 11.2. The Balaban J connectivity index is 0.675. The SMILES string of the molecule is CCN(CCOc1ccc(Oc2c(-c3ccc(S(C)(=O)=O)cc3)ccc3cc(O)ccc23)cc1)C(=O)c1ccc(C#CC2CCN(C3CCN(c4ccc5c(c4)C(=O)N(C4CCC(=O)NC4=O)C5=O)CC3)CC2)cc1. The molecule has 4 heterocycles. The molecule has 1 atom stereocenters. The smallest absolute Gasteiger partial charge is 0.262 e. The first kappa shape index (κ1) is 50.5. The van der Waals surface area contributed by atoms with Crippen molar-refractivity contribution in [3.8, 4) is 46.0 Å². The first-order chi connectivity index (χ1) is 36.2. The lowest BCUT2D eigenvalue weighted by Crippen LogP contribution is -2.54. The number of hydrogen-bond acceptors (Lipinski definition) is 12. The standard InChI is InChI=1S/C59H57N5O10S/c1-3-61(34-35-73-46-15-17-47(18-16-46)74-55-49(21-12-42-36-45(65)14-23-50(42)55)40-10-19-48(20-11-40)75(2,71)72)57(68)41-8-6-38(7-9-41)4-5-39-26-30-62(31-27-39)43-28-32-63(33-29-43)44-13-22-51-52(37-44)59(70)64(58(51)69)53-24-25-54(66)60-56(53)67/h6-23,36-37,39,43,53,65H,3,24-35H2,1-2H3,(H,60,66,67). The Morgan fingerprint density at radius 2 is 1.45 bits per heavy atom. The van der Waals surface area contributed by atoms with E-state index >= 15 is 0 Å². The molecular weight excluding hydrogens is 971 g/mol. The van der Waals surface area contributed by atoms with Gasteiger partial charge in [-0.2, -0.15) is 0 Å². The largest absolute Gasteiger partial charge is 0.508 e. The Morgan fingerprint density at radius 1 is 0.760 bits per heavy atom. The average molecular weight is 1030 g/mol. The number of sulfone groups is 1. The number of imide groups is 2. The Labute approximate surface area is 435 Å². The Kier molecular flexibility index (Phi) is 14.5.